The zero-order chi connectivity index (χ0) is 7.68. The van der Waals surface area contributed by atoms with E-state index < -0.39 is 0 Å². The van der Waals surface area contributed by atoms with Gasteiger partial charge in [-0.2, -0.15) is 0 Å². The fourth-order valence-electron chi connectivity index (χ4n) is 2.56. The Morgan fingerprint density at radius 3 is 2.55 bits per heavy atom. The second-order valence-corrected chi connectivity index (χ2v) is 4.38. The molecule has 1 aliphatic heterocycles. The van der Waals surface area contributed by atoms with Crippen LogP contribution < -0.4 is 5.32 Å². The van der Waals surface area contributed by atoms with Gasteiger partial charge in [-0.25, -0.2) is 0 Å². The molecule has 1 nitrogen and oxygen atoms in total. The van der Waals surface area contributed by atoms with Gasteiger partial charge in [0.1, 0.15) is 0 Å². The van der Waals surface area contributed by atoms with E-state index in [4.69, 9.17) is 0 Å². The van der Waals surface area contributed by atoms with Gasteiger partial charge in [0.2, 0.25) is 0 Å². The lowest BCUT2D eigenvalue weighted by molar-refractivity contribution is 0.176. The topological polar surface area (TPSA) is 12.0 Å². The molecule has 11 heavy (non-hydrogen) atoms. The van der Waals surface area contributed by atoms with E-state index in [2.05, 4.69) is 12.2 Å². The minimum absolute atomic E-state index is 0.901. The van der Waals surface area contributed by atoms with Crippen LogP contribution in [0.15, 0.2) is 0 Å². The lowest BCUT2D eigenvalue weighted by Crippen LogP contribution is -2.48. The molecule has 0 bridgehead atoms. The predicted molar refractivity (Wildman–Crippen MR) is 47.5 cm³/mol. The summed E-state index contributed by atoms with van der Waals surface area (Å²) < 4.78 is 0. The van der Waals surface area contributed by atoms with Crippen molar-refractivity contribution in [3.63, 3.8) is 0 Å². The van der Waals surface area contributed by atoms with Crippen LogP contribution in [0, 0.1) is 11.8 Å². The Labute approximate surface area is 69.6 Å². The summed E-state index contributed by atoms with van der Waals surface area (Å²) in [4.78, 5) is 0. The molecular weight excluding hydrogens is 134 g/mol. The first-order valence-electron chi connectivity index (χ1n) is 5.09. The second kappa shape index (κ2) is 3.14. The van der Waals surface area contributed by atoms with E-state index in [0.29, 0.717) is 0 Å². The molecule has 1 aliphatic carbocycles. The Hall–Kier alpha value is -0.0400. The normalized spacial score (nSPS) is 45.0. The fourth-order valence-corrected chi connectivity index (χ4v) is 2.56. The Morgan fingerprint density at radius 1 is 1.18 bits per heavy atom. The van der Waals surface area contributed by atoms with Gasteiger partial charge in [0.25, 0.3) is 0 Å². The van der Waals surface area contributed by atoms with Gasteiger partial charge in [0.05, 0.1) is 0 Å². The maximum Gasteiger partial charge on any atom is 0.0107 e. The molecule has 3 atom stereocenters. The quantitative estimate of drug-likeness (QED) is 0.609. The van der Waals surface area contributed by atoms with Gasteiger partial charge in [-0.3, -0.25) is 0 Å². The summed E-state index contributed by atoms with van der Waals surface area (Å²) in [5, 5.41) is 3.54. The molecule has 1 heteroatoms. The number of hydrogen-bond donors (Lipinski definition) is 1. The number of hydrogen-bond acceptors (Lipinski definition) is 1. The van der Waals surface area contributed by atoms with Crippen molar-refractivity contribution in [2.45, 2.75) is 45.1 Å². The van der Waals surface area contributed by atoms with Gasteiger partial charge in [-0.05, 0) is 37.6 Å². The lowest BCUT2D eigenvalue weighted by atomic mass is 9.76. The van der Waals surface area contributed by atoms with Crippen molar-refractivity contribution in [1.29, 1.82) is 0 Å². The van der Waals surface area contributed by atoms with Crippen LogP contribution in [0.5, 0.6) is 0 Å². The van der Waals surface area contributed by atoms with Crippen molar-refractivity contribution in [3.8, 4) is 0 Å². The van der Waals surface area contributed by atoms with Gasteiger partial charge in [-0.15, -0.1) is 0 Å². The standard InChI is InChI=1S/C10H19N/c1-8-3-2-4-9(7-8)10-5-6-11-10/h8-11H,2-7H2,1H3. The number of rotatable bonds is 1. The Bertz CT molecular complexity index is 129. The molecule has 1 saturated carbocycles. The molecule has 2 aliphatic rings. The molecular formula is C10H19N. The van der Waals surface area contributed by atoms with E-state index in [1.165, 1.54) is 38.6 Å². The molecule has 64 valence electrons. The summed E-state index contributed by atoms with van der Waals surface area (Å²) in [6.45, 7) is 3.68. The third-order valence-corrected chi connectivity index (χ3v) is 3.41. The predicted octanol–water partition coefficient (Wildman–Crippen LogP) is 2.17. The van der Waals surface area contributed by atoms with Crippen LogP contribution in [-0.4, -0.2) is 12.6 Å². The molecule has 2 fully saturated rings. The van der Waals surface area contributed by atoms with Crippen molar-refractivity contribution in [2.75, 3.05) is 6.54 Å². The van der Waals surface area contributed by atoms with Crippen molar-refractivity contribution in [2.24, 2.45) is 11.8 Å². The largest absolute Gasteiger partial charge is 0.314 e. The zero-order valence-electron chi connectivity index (χ0n) is 7.47. The smallest absolute Gasteiger partial charge is 0.0107 e. The summed E-state index contributed by atoms with van der Waals surface area (Å²) in [7, 11) is 0. The Balaban J connectivity index is 1.82. The maximum absolute atomic E-state index is 3.54. The average Bonchev–Trinajstić information content (AvgIpc) is 1.83. The highest BCUT2D eigenvalue weighted by Gasteiger charge is 2.29. The van der Waals surface area contributed by atoms with Crippen LogP contribution in [0.2, 0.25) is 0 Å². The molecule has 0 spiro atoms. The highest BCUT2D eigenvalue weighted by Crippen LogP contribution is 2.33. The van der Waals surface area contributed by atoms with Crippen LogP contribution in [0.4, 0.5) is 0 Å². The van der Waals surface area contributed by atoms with Gasteiger partial charge in [-0.1, -0.05) is 19.8 Å². The van der Waals surface area contributed by atoms with Crippen LogP contribution in [-0.2, 0) is 0 Å². The van der Waals surface area contributed by atoms with E-state index in [1.54, 1.807) is 0 Å². The van der Waals surface area contributed by atoms with Crippen molar-refractivity contribution >= 4 is 0 Å². The van der Waals surface area contributed by atoms with E-state index in [0.717, 1.165) is 17.9 Å². The van der Waals surface area contributed by atoms with Gasteiger partial charge >= 0.3 is 0 Å². The van der Waals surface area contributed by atoms with E-state index >= 15 is 0 Å². The Morgan fingerprint density at radius 2 is 2.00 bits per heavy atom. The van der Waals surface area contributed by atoms with E-state index in [-0.39, 0.29) is 0 Å². The fraction of sp³-hybridized carbons (Fsp3) is 1.00. The summed E-state index contributed by atoms with van der Waals surface area (Å²) in [6.07, 6.45) is 7.37. The molecule has 0 aromatic heterocycles. The van der Waals surface area contributed by atoms with Crippen molar-refractivity contribution in [1.82, 2.24) is 5.32 Å². The van der Waals surface area contributed by atoms with Gasteiger partial charge in [0.15, 0.2) is 0 Å². The summed E-state index contributed by atoms with van der Waals surface area (Å²) in [6, 6.07) is 0.901. The third-order valence-electron chi connectivity index (χ3n) is 3.41. The summed E-state index contributed by atoms with van der Waals surface area (Å²) >= 11 is 0. The van der Waals surface area contributed by atoms with Crippen molar-refractivity contribution < 1.29 is 0 Å². The van der Waals surface area contributed by atoms with Crippen LogP contribution in [0.1, 0.15) is 39.0 Å². The average molecular weight is 153 g/mol. The number of nitrogens with one attached hydrogen (secondary N) is 1. The molecule has 1 N–H and O–H groups in total. The molecule has 0 aromatic carbocycles. The highest BCUT2D eigenvalue weighted by molar-refractivity contribution is 4.87. The van der Waals surface area contributed by atoms with E-state index in [1.807, 2.05) is 0 Å². The molecule has 3 unspecified atom stereocenters. The molecule has 0 radical (unpaired) electrons. The summed E-state index contributed by atoms with van der Waals surface area (Å²) in [5.74, 6) is 2.02. The lowest BCUT2D eigenvalue weighted by Gasteiger charge is -2.39. The second-order valence-electron chi connectivity index (χ2n) is 4.38. The summed E-state index contributed by atoms with van der Waals surface area (Å²) in [5.41, 5.74) is 0. The zero-order valence-corrected chi connectivity index (χ0v) is 7.47. The molecule has 1 saturated heterocycles. The minimum Gasteiger partial charge on any atom is -0.314 e. The SMILES string of the molecule is CC1CCCC(C2CCN2)C1. The minimum atomic E-state index is 0.901. The monoisotopic (exact) mass is 153 g/mol. The first kappa shape index (κ1) is 7.60. The highest BCUT2D eigenvalue weighted by atomic mass is 15.0. The first-order chi connectivity index (χ1) is 5.36. The molecule has 0 amide bonds. The molecule has 1 heterocycles. The van der Waals surface area contributed by atoms with Gasteiger partial charge < -0.3 is 5.32 Å². The Kier molecular flexibility index (Phi) is 2.17. The molecule has 0 aromatic rings. The third kappa shape index (κ3) is 1.58. The van der Waals surface area contributed by atoms with Crippen molar-refractivity contribution in [3.05, 3.63) is 0 Å². The van der Waals surface area contributed by atoms with E-state index in [9.17, 15) is 0 Å². The maximum atomic E-state index is 3.54. The van der Waals surface area contributed by atoms with Crippen LogP contribution in [0.25, 0.3) is 0 Å². The first-order valence-corrected chi connectivity index (χ1v) is 5.09. The van der Waals surface area contributed by atoms with Crippen LogP contribution in [0.3, 0.4) is 0 Å². The molecule has 2 rings (SSSR count). The van der Waals surface area contributed by atoms with Gasteiger partial charge in [0, 0.05) is 6.04 Å². The van der Waals surface area contributed by atoms with Crippen LogP contribution >= 0.6 is 0 Å².